The van der Waals surface area contributed by atoms with Gasteiger partial charge in [0.25, 0.3) is 0 Å². The van der Waals surface area contributed by atoms with Gasteiger partial charge in [0.15, 0.2) is 5.96 Å². The summed E-state index contributed by atoms with van der Waals surface area (Å²) in [6.45, 7) is 10.7. The van der Waals surface area contributed by atoms with Crippen LogP contribution in [0.15, 0.2) is 23.3 Å². The van der Waals surface area contributed by atoms with Crippen LogP contribution >= 0.6 is 35.6 Å². The third-order valence-electron chi connectivity index (χ3n) is 3.50. The Morgan fingerprint density at radius 2 is 2.04 bits per heavy atom. The summed E-state index contributed by atoms with van der Waals surface area (Å²) in [4.78, 5) is 8.72. The highest BCUT2D eigenvalue weighted by atomic mass is 127. The molecule has 0 fully saturated rings. The molecule has 7 heteroatoms. The van der Waals surface area contributed by atoms with Crippen molar-refractivity contribution in [2.24, 2.45) is 10.4 Å². The molecule has 24 heavy (non-hydrogen) atoms. The maximum absolute atomic E-state index is 5.79. The zero-order valence-electron chi connectivity index (χ0n) is 15.2. The second kappa shape index (κ2) is 11.9. The summed E-state index contributed by atoms with van der Waals surface area (Å²) in [5.74, 6) is 0.806. The highest BCUT2D eigenvalue weighted by Gasteiger charge is 2.23. The summed E-state index contributed by atoms with van der Waals surface area (Å²) in [7, 11) is 1.74. The number of aromatic nitrogens is 1. The van der Waals surface area contributed by atoms with E-state index in [1.54, 1.807) is 13.3 Å². The van der Waals surface area contributed by atoms with Crippen molar-refractivity contribution < 1.29 is 4.74 Å². The van der Waals surface area contributed by atoms with E-state index >= 15 is 0 Å². The first-order chi connectivity index (χ1) is 10.9. The molecule has 0 saturated heterocycles. The highest BCUT2D eigenvalue weighted by Crippen LogP contribution is 2.21. The number of guanidine groups is 1. The molecular formula is C17H30ClIN4O. The van der Waals surface area contributed by atoms with Gasteiger partial charge >= 0.3 is 0 Å². The van der Waals surface area contributed by atoms with Gasteiger partial charge in [-0.15, -0.1) is 24.0 Å². The van der Waals surface area contributed by atoms with Gasteiger partial charge in [-0.2, -0.15) is 0 Å². The van der Waals surface area contributed by atoms with Gasteiger partial charge in [-0.3, -0.25) is 4.99 Å². The van der Waals surface area contributed by atoms with E-state index in [1.165, 1.54) is 0 Å². The summed E-state index contributed by atoms with van der Waals surface area (Å²) in [5.41, 5.74) is 1.20. The molecule has 1 aromatic heterocycles. The lowest BCUT2D eigenvalue weighted by atomic mass is 9.89. The van der Waals surface area contributed by atoms with E-state index in [1.807, 2.05) is 12.1 Å². The van der Waals surface area contributed by atoms with E-state index in [2.05, 4.69) is 48.3 Å². The lowest BCUT2D eigenvalue weighted by Gasteiger charge is -2.28. The van der Waals surface area contributed by atoms with Crippen LogP contribution in [0.4, 0.5) is 0 Å². The molecule has 0 aliphatic carbocycles. The molecular weight excluding hydrogens is 439 g/mol. The van der Waals surface area contributed by atoms with Crippen LogP contribution in [0.2, 0.25) is 5.15 Å². The fraction of sp³-hybridized carbons (Fsp3) is 0.647. The van der Waals surface area contributed by atoms with Gasteiger partial charge in [-0.05, 0) is 30.4 Å². The Labute approximate surface area is 168 Å². The Hall–Kier alpha value is -0.600. The average molecular weight is 469 g/mol. The second-order valence-electron chi connectivity index (χ2n) is 6.48. The summed E-state index contributed by atoms with van der Waals surface area (Å²) >= 11 is 5.79. The first-order valence-corrected chi connectivity index (χ1v) is 8.40. The average Bonchev–Trinajstić information content (AvgIpc) is 2.48. The highest BCUT2D eigenvalue weighted by molar-refractivity contribution is 14.0. The van der Waals surface area contributed by atoms with Crippen molar-refractivity contribution >= 4 is 41.5 Å². The van der Waals surface area contributed by atoms with Crippen molar-refractivity contribution in [2.45, 2.75) is 40.2 Å². The SMILES string of the molecule is CCNC(=NCC(OC)C(C)(C)C)NCCc1ccc(Cl)nc1.I. The van der Waals surface area contributed by atoms with Gasteiger partial charge in [-0.25, -0.2) is 4.98 Å². The standard InChI is InChI=1S/C17H29ClN4O.HI/c1-6-19-16(22-12-14(23-5)17(2,3)4)20-10-9-13-7-8-15(18)21-11-13;/h7-8,11,14H,6,9-10,12H2,1-5H3,(H2,19,20,22);1H. The molecule has 0 aliphatic rings. The molecule has 1 unspecified atom stereocenters. The largest absolute Gasteiger partial charge is 0.379 e. The van der Waals surface area contributed by atoms with E-state index in [-0.39, 0.29) is 35.5 Å². The number of halogens is 2. The van der Waals surface area contributed by atoms with Crippen molar-refractivity contribution in [2.75, 3.05) is 26.7 Å². The quantitative estimate of drug-likeness (QED) is 0.278. The van der Waals surface area contributed by atoms with E-state index in [0.29, 0.717) is 11.7 Å². The number of methoxy groups -OCH3 is 1. The molecule has 138 valence electrons. The van der Waals surface area contributed by atoms with Crippen LogP contribution in [0.1, 0.15) is 33.3 Å². The molecule has 0 aliphatic heterocycles. The minimum absolute atomic E-state index is 0. The Balaban J connectivity index is 0.00000529. The van der Waals surface area contributed by atoms with Crippen LogP contribution in [-0.2, 0) is 11.2 Å². The Morgan fingerprint density at radius 3 is 2.54 bits per heavy atom. The third kappa shape index (κ3) is 9.03. The Bertz CT molecular complexity index is 488. The predicted molar refractivity (Wildman–Crippen MR) is 113 cm³/mol. The topological polar surface area (TPSA) is 58.5 Å². The zero-order valence-corrected chi connectivity index (χ0v) is 18.3. The molecule has 0 aromatic carbocycles. The Morgan fingerprint density at radius 1 is 1.33 bits per heavy atom. The maximum Gasteiger partial charge on any atom is 0.191 e. The number of ether oxygens (including phenoxy) is 1. The predicted octanol–water partition coefficient (Wildman–Crippen LogP) is 3.51. The van der Waals surface area contributed by atoms with Crippen LogP contribution in [-0.4, -0.2) is 43.8 Å². The minimum atomic E-state index is 0. The van der Waals surface area contributed by atoms with Gasteiger partial charge in [0.05, 0.1) is 12.6 Å². The van der Waals surface area contributed by atoms with Crippen LogP contribution in [0.5, 0.6) is 0 Å². The molecule has 1 heterocycles. The van der Waals surface area contributed by atoms with E-state index < -0.39 is 0 Å². The summed E-state index contributed by atoms with van der Waals surface area (Å²) in [5, 5.41) is 7.11. The molecule has 0 saturated carbocycles. The summed E-state index contributed by atoms with van der Waals surface area (Å²) < 4.78 is 5.54. The molecule has 1 aromatic rings. The van der Waals surface area contributed by atoms with Crippen molar-refractivity contribution in [1.29, 1.82) is 0 Å². The molecule has 1 rings (SSSR count). The number of hydrogen-bond donors (Lipinski definition) is 2. The van der Waals surface area contributed by atoms with Gasteiger partial charge in [-0.1, -0.05) is 38.4 Å². The number of rotatable bonds is 7. The normalized spacial score (nSPS) is 13.2. The first kappa shape index (κ1) is 23.4. The second-order valence-corrected chi connectivity index (χ2v) is 6.86. The molecule has 2 N–H and O–H groups in total. The third-order valence-corrected chi connectivity index (χ3v) is 3.73. The number of nitrogens with one attached hydrogen (secondary N) is 2. The zero-order chi connectivity index (χ0) is 17.3. The summed E-state index contributed by atoms with van der Waals surface area (Å²) in [6, 6.07) is 3.80. The number of aliphatic imine (C=N–C) groups is 1. The number of hydrogen-bond acceptors (Lipinski definition) is 3. The van der Waals surface area contributed by atoms with Gasteiger partial charge in [0.1, 0.15) is 5.15 Å². The number of nitrogens with zero attached hydrogens (tertiary/aromatic N) is 2. The van der Waals surface area contributed by atoms with Crippen molar-refractivity contribution in [3.05, 3.63) is 29.0 Å². The van der Waals surface area contributed by atoms with Crippen LogP contribution in [0.25, 0.3) is 0 Å². The van der Waals surface area contributed by atoms with Crippen molar-refractivity contribution in [3.8, 4) is 0 Å². The lowest BCUT2D eigenvalue weighted by Crippen LogP contribution is -2.40. The molecule has 0 spiro atoms. The van der Waals surface area contributed by atoms with E-state index in [0.717, 1.165) is 31.0 Å². The fourth-order valence-electron chi connectivity index (χ4n) is 2.10. The number of pyridine rings is 1. The summed E-state index contributed by atoms with van der Waals surface area (Å²) in [6.07, 6.45) is 2.74. The minimum Gasteiger partial charge on any atom is -0.379 e. The van der Waals surface area contributed by atoms with Crippen LogP contribution in [0, 0.1) is 5.41 Å². The van der Waals surface area contributed by atoms with Crippen molar-refractivity contribution in [1.82, 2.24) is 15.6 Å². The molecule has 5 nitrogen and oxygen atoms in total. The molecule has 0 radical (unpaired) electrons. The van der Waals surface area contributed by atoms with Gasteiger partial charge < -0.3 is 15.4 Å². The van der Waals surface area contributed by atoms with Gasteiger partial charge in [0, 0.05) is 26.4 Å². The maximum atomic E-state index is 5.79. The smallest absolute Gasteiger partial charge is 0.191 e. The molecule has 0 amide bonds. The van der Waals surface area contributed by atoms with E-state index in [4.69, 9.17) is 16.3 Å². The van der Waals surface area contributed by atoms with Crippen LogP contribution < -0.4 is 10.6 Å². The van der Waals surface area contributed by atoms with Crippen molar-refractivity contribution in [3.63, 3.8) is 0 Å². The van der Waals surface area contributed by atoms with Gasteiger partial charge in [0.2, 0.25) is 0 Å². The van der Waals surface area contributed by atoms with E-state index in [9.17, 15) is 0 Å². The molecule has 1 atom stereocenters. The Kier molecular flexibility index (Phi) is 11.6. The lowest BCUT2D eigenvalue weighted by molar-refractivity contribution is 0.0241. The van der Waals surface area contributed by atoms with Crippen LogP contribution in [0.3, 0.4) is 0 Å². The fourth-order valence-corrected chi connectivity index (χ4v) is 2.21. The molecule has 0 bridgehead atoms. The first-order valence-electron chi connectivity index (χ1n) is 8.02. The monoisotopic (exact) mass is 468 g/mol.